The Hall–Kier alpha value is -1.92. The van der Waals surface area contributed by atoms with Gasteiger partial charge < -0.3 is 20.8 Å². The van der Waals surface area contributed by atoms with Gasteiger partial charge in [-0.3, -0.25) is 9.59 Å². The van der Waals surface area contributed by atoms with Crippen molar-refractivity contribution >= 4 is 11.9 Å². The third-order valence-corrected chi connectivity index (χ3v) is 2.87. The number of benzene rings is 1. The average Bonchev–Trinajstić information content (AvgIpc) is 2.44. The van der Waals surface area contributed by atoms with Crippen LogP contribution in [0.2, 0.25) is 0 Å². The first kappa shape index (κ1) is 16.1. The van der Waals surface area contributed by atoms with E-state index < -0.39 is 12.0 Å². The molecule has 0 bridgehead atoms. The molecule has 0 aliphatic carbocycles. The van der Waals surface area contributed by atoms with E-state index in [1.165, 1.54) is 0 Å². The fourth-order valence-electron chi connectivity index (χ4n) is 1.80. The summed E-state index contributed by atoms with van der Waals surface area (Å²) in [5, 5.41) is 23.0. The molecular weight excluding hydrogens is 260 g/mol. The van der Waals surface area contributed by atoms with Gasteiger partial charge in [-0.15, -0.1) is 0 Å². The number of aliphatic carboxylic acids is 1. The third-order valence-electron chi connectivity index (χ3n) is 2.87. The number of rotatable bonds is 8. The van der Waals surface area contributed by atoms with Crippen LogP contribution in [0.1, 0.15) is 24.9 Å². The first-order chi connectivity index (χ1) is 9.54. The summed E-state index contributed by atoms with van der Waals surface area (Å²) in [6.07, 6.45) is -0.174. The molecule has 0 aromatic heterocycles. The van der Waals surface area contributed by atoms with E-state index in [9.17, 15) is 9.59 Å². The van der Waals surface area contributed by atoms with Crippen molar-refractivity contribution < 1.29 is 19.8 Å². The van der Waals surface area contributed by atoms with Crippen molar-refractivity contribution in [1.29, 1.82) is 0 Å². The first-order valence-electron chi connectivity index (χ1n) is 6.46. The highest BCUT2D eigenvalue weighted by atomic mass is 16.4. The predicted molar refractivity (Wildman–Crippen MR) is 74.1 cm³/mol. The van der Waals surface area contributed by atoms with Gasteiger partial charge in [0.25, 0.3) is 0 Å². The number of aliphatic hydroxyl groups is 1. The zero-order valence-electron chi connectivity index (χ0n) is 11.4. The second kappa shape index (κ2) is 8.29. The van der Waals surface area contributed by atoms with Gasteiger partial charge in [0, 0.05) is 6.54 Å². The monoisotopic (exact) mass is 280 g/mol. The van der Waals surface area contributed by atoms with Crippen molar-refractivity contribution in [3.63, 3.8) is 0 Å². The van der Waals surface area contributed by atoms with E-state index in [0.29, 0.717) is 0 Å². The minimum absolute atomic E-state index is 0.137. The number of hydrogen-bond acceptors (Lipinski definition) is 4. The van der Waals surface area contributed by atoms with E-state index in [0.717, 1.165) is 5.56 Å². The quantitative estimate of drug-likeness (QED) is 0.548. The molecule has 4 N–H and O–H groups in total. The average molecular weight is 280 g/mol. The zero-order valence-corrected chi connectivity index (χ0v) is 11.4. The molecule has 1 amide bonds. The largest absolute Gasteiger partial charge is 0.480 e. The Bertz CT molecular complexity index is 436. The van der Waals surface area contributed by atoms with Crippen LogP contribution in [-0.4, -0.2) is 41.3 Å². The van der Waals surface area contributed by atoms with Crippen LogP contribution in [0.3, 0.4) is 0 Å². The van der Waals surface area contributed by atoms with Crippen LogP contribution in [0.15, 0.2) is 30.3 Å². The fraction of sp³-hybridized carbons (Fsp3) is 0.429. The normalized spacial score (nSPS) is 13.5. The number of carboxylic acid groups (broad SMARTS) is 1. The Kier molecular flexibility index (Phi) is 6.69. The molecule has 0 radical (unpaired) electrons. The molecule has 0 aliphatic rings. The van der Waals surface area contributed by atoms with Crippen LogP contribution >= 0.6 is 0 Å². The maximum atomic E-state index is 11.8. The van der Waals surface area contributed by atoms with Gasteiger partial charge in [0.2, 0.25) is 5.91 Å². The van der Waals surface area contributed by atoms with Gasteiger partial charge in [-0.25, -0.2) is 0 Å². The SMILES string of the molecule is C[C@@H](NC(=O)C[C@@H](NCCO)C(=O)O)c1ccccc1. The Morgan fingerprint density at radius 2 is 1.90 bits per heavy atom. The lowest BCUT2D eigenvalue weighted by molar-refractivity contribution is -0.141. The molecule has 20 heavy (non-hydrogen) atoms. The molecule has 1 aromatic rings. The molecule has 2 atom stereocenters. The first-order valence-corrected chi connectivity index (χ1v) is 6.46. The van der Waals surface area contributed by atoms with E-state index in [-0.39, 0.29) is 31.5 Å². The number of carbonyl (C=O) groups is 2. The highest BCUT2D eigenvalue weighted by molar-refractivity contribution is 5.84. The van der Waals surface area contributed by atoms with Crippen LogP contribution in [0.5, 0.6) is 0 Å². The molecule has 110 valence electrons. The molecule has 1 aromatic carbocycles. The van der Waals surface area contributed by atoms with E-state index in [2.05, 4.69) is 10.6 Å². The summed E-state index contributed by atoms with van der Waals surface area (Å²) in [5.74, 6) is -1.46. The Morgan fingerprint density at radius 3 is 2.45 bits per heavy atom. The van der Waals surface area contributed by atoms with Gasteiger partial charge in [-0.05, 0) is 12.5 Å². The lowest BCUT2D eigenvalue weighted by atomic mass is 10.1. The molecule has 0 saturated carbocycles. The molecule has 6 heteroatoms. The number of hydrogen-bond donors (Lipinski definition) is 4. The van der Waals surface area contributed by atoms with E-state index in [1.807, 2.05) is 37.3 Å². The van der Waals surface area contributed by atoms with Crippen molar-refractivity contribution in [2.45, 2.75) is 25.4 Å². The molecule has 0 unspecified atom stereocenters. The van der Waals surface area contributed by atoms with Crippen molar-refractivity contribution in [3.05, 3.63) is 35.9 Å². The highest BCUT2D eigenvalue weighted by Crippen LogP contribution is 2.11. The Balaban J connectivity index is 2.51. The van der Waals surface area contributed by atoms with Crippen molar-refractivity contribution in [2.24, 2.45) is 0 Å². The van der Waals surface area contributed by atoms with Gasteiger partial charge in [-0.2, -0.15) is 0 Å². The van der Waals surface area contributed by atoms with Crippen LogP contribution in [0.25, 0.3) is 0 Å². The van der Waals surface area contributed by atoms with Crippen LogP contribution < -0.4 is 10.6 Å². The molecule has 0 heterocycles. The molecule has 1 rings (SSSR count). The summed E-state index contributed by atoms with van der Waals surface area (Å²) in [7, 11) is 0. The van der Waals surface area contributed by atoms with Crippen molar-refractivity contribution in [1.82, 2.24) is 10.6 Å². The van der Waals surface area contributed by atoms with E-state index >= 15 is 0 Å². The Labute approximate surface area is 117 Å². The molecular formula is C14H20N2O4. The molecule has 0 fully saturated rings. The molecule has 0 spiro atoms. The topological polar surface area (TPSA) is 98.7 Å². The van der Waals surface area contributed by atoms with E-state index in [1.54, 1.807) is 0 Å². The van der Waals surface area contributed by atoms with Crippen molar-refractivity contribution in [3.8, 4) is 0 Å². The summed E-state index contributed by atoms with van der Waals surface area (Å²) in [6, 6.07) is 8.24. The molecule has 6 nitrogen and oxygen atoms in total. The van der Waals surface area contributed by atoms with Gasteiger partial charge in [0.15, 0.2) is 0 Å². The summed E-state index contributed by atoms with van der Waals surface area (Å²) in [6.45, 7) is 1.80. The third kappa shape index (κ3) is 5.38. The van der Waals surface area contributed by atoms with Crippen LogP contribution in [-0.2, 0) is 9.59 Å². The second-order valence-electron chi connectivity index (χ2n) is 4.47. The zero-order chi connectivity index (χ0) is 15.0. The maximum absolute atomic E-state index is 11.8. The summed E-state index contributed by atoms with van der Waals surface area (Å²) in [5.41, 5.74) is 0.955. The standard InChI is InChI=1S/C14H20N2O4/c1-10(11-5-3-2-4-6-11)16-13(18)9-12(14(19)20)15-7-8-17/h2-6,10,12,15,17H,7-9H2,1H3,(H,16,18)(H,19,20)/t10-,12-/m1/s1. The molecule has 0 saturated heterocycles. The fourth-order valence-corrected chi connectivity index (χ4v) is 1.80. The number of aliphatic hydroxyl groups excluding tert-OH is 1. The predicted octanol–water partition coefficient (Wildman–Crippen LogP) is 0.289. The summed E-state index contributed by atoms with van der Waals surface area (Å²) >= 11 is 0. The molecule has 0 aliphatic heterocycles. The van der Waals surface area contributed by atoms with Crippen LogP contribution in [0, 0.1) is 0 Å². The van der Waals surface area contributed by atoms with Crippen LogP contribution in [0.4, 0.5) is 0 Å². The lowest BCUT2D eigenvalue weighted by Crippen LogP contribution is -2.42. The van der Waals surface area contributed by atoms with E-state index in [4.69, 9.17) is 10.2 Å². The number of nitrogens with one attached hydrogen (secondary N) is 2. The summed E-state index contributed by atoms with van der Waals surface area (Å²) < 4.78 is 0. The second-order valence-corrected chi connectivity index (χ2v) is 4.47. The number of carbonyl (C=O) groups excluding carboxylic acids is 1. The Morgan fingerprint density at radius 1 is 1.25 bits per heavy atom. The lowest BCUT2D eigenvalue weighted by Gasteiger charge is -2.17. The minimum atomic E-state index is -1.11. The minimum Gasteiger partial charge on any atom is -0.480 e. The van der Waals surface area contributed by atoms with Gasteiger partial charge in [0.05, 0.1) is 19.1 Å². The summed E-state index contributed by atoms with van der Waals surface area (Å²) in [4.78, 5) is 22.8. The van der Waals surface area contributed by atoms with Crippen molar-refractivity contribution in [2.75, 3.05) is 13.2 Å². The number of amides is 1. The van der Waals surface area contributed by atoms with Gasteiger partial charge >= 0.3 is 5.97 Å². The number of carboxylic acids is 1. The highest BCUT2D eigenvalue weighted by Gasteiger charge is 2.21. The smallest absolute Gasteiger partial charge is 0.321 e. The maximum Gasteiger partial charge on any atom is 0.321 e. The van der Waals surface area contributed by atoms with Gasteiger partial charge in [-0.1, -0.05) is 30.3 Å². The van der Waals surface area contributed by atoms with Gasteiger partial charge in [0.1, 0.15) is 6.04 Å².